The average molecular weight is 294 g/mol. The second kappa shape index (κ2) is 5.62. The molecule has 1 saturated heterocycles. The van der Waals surface area contributed by atoms with E-state index in [0.717, 1.165) is 11.3 Å². The van der Waals surface area contributed by atoms with Crippen LogP contribution in [0.4, 0.5) is 10.5 Å². The molecule has 0 radical (unpaired) electrons. The highest BCUT2D eigenvalue weighted by Crippen LogP contribution is 2.41. The minimum absolute atomic E-state index is 0.143. The third-order valence-electron chi connectivity index (χ3n) is 3.08. The van der Waals surface area contributed by atoms with Crippen molar-refractivity contribution in [2.24, 2.45) is 5.73 Å². The summed E-state index contributed by atoms with van der Waals surface area (Å²) in [5.41, 5.74) is 9.55. The lowest BCUT2D eigenvalue weighted by Crippen LogP contribution is -2.47. The molecule has 20 heavy (non-hydrogen) atoms. The quantitative estimate of drug-likeness (QED) is 0.880. The summed E-state index contributed by atoms with van der Waals surface area (Å²) in [5.74, 6) is -0.143. The third-order valence-corrected chi connectivity index (χ3v) is 4.43. The number of urea groups is 1. The van der Waals surface area contributed by atoms with Gasteiger partial charge in [-0.3, -0.25) is 4.79 Å². The molecule has 108 valence electrons. The van der Waals surface area contributed by atoms with E-state index >= 15 is 0 Å². The Morgan fingerprint density at radius 1 is 1.35 bits per heavy atom. The Hall–Kier alpha value is -1.89. The summed E-state index contributed by atoms with van der Waals surface area (Å²) in [5, 5.41) is 0.851. The van der Waals surface area contributed by atoms with Gasteiger partial charge in [0.1, 0.15) is 5.37 Å². The summed E-state index contributed by atoms with van der Waals surface area (Å²) in [6.07, 6.45) is 0. The van der Waals surface area contributed by atoms with E-state index in [1.54, 1.807) is 0 Å². The molecule has 7 heteroatoms. The van der Waals surface area contributed by atoms with Gasteiger partial charge in [-0.15, -0.1) is 11.8 Å². The SMILES string of the molecule is CC1SC(c2ccc(N(C)C)cc2)N(NC(N)=O)C1=O. The van der Waals surface area contributed by atoms with Crippen LogP contribution in [-0.4, -0.2) is 36.3 Å². The standard InChI is InChI=1S/C13H18N4O2S/c1-8-11(18)17(15-13(14)19)12(20-8)9-4-6-10(7-5-9)16(2)3/h4-8,12H,1-3H3,(H3,14,15,19). The van der Waals surface area contributed by atoms with Gasteiger partial charge < -0.3 is 10.6 Å². The van der Waals surface area contributed by atoms with Crippen molar-refractivity contribution in [1.29, 1.82) is 0 Å². The molecule has 1 aromatic carbocycles. The number of nitrogens with zero attached hydrogens (tertiary/aromatic N) is 2. The van der Waals surface area contributed by atoms with Gasteiger partial charge in [0.2, 0.25) is 0 Å². The first-order valence-corrected chi connectivity index (χ1v) is 7.16. The third kappa shape index (κ3) is 2.82. The van der Waals surface area contributed by atoms with Crippen molar-refractivity contribution in [3.63, 3.8) is 0 Å². The van der Waals surface area contributed by atoms with Crippen molar-refractivity contribution in [1.82, 2.24) is 10.4 Å². The van der Waals surface area contributed by atoms with Crippen LogP contribution in [0.25, 0.3) is 0 Å². The molecule has 0 aromatic heterocycles. The van der Waals surface area contributed by atoms with Crippen LogP contribution in [-0.2, 0) is 4.79 Å². The smallest absolute Gasteiger partial charge is 0.331 e. The van der Waals surface area contributed by atoms with Crippen LogP contribution < -0.4 is 16.1 Å². The van der Waals surface area contributed by atoms with Crippen LogP contribution >= 0.6 is 11.8 Å². The molecule has 1 fully saturated rings. The molecule has 6 nitrogen and oxygen atoms in total. The van der Waals surface area contributed by atoms with E-state index in [1.807, 2.05) is 50.2 Å². The number of hydrazine groups is 1. The van der Waals surface area contributed by atoms with Gasteiger partial charge in [-0.25, -0.2) is 15.2 Å². The Bertz CT molecular complexity index is 518. The van der Waals surface area contributed by atoms with E-state index in [4.69, 9.17) is 5.73 Å². The number of hydrogen-bond acceptors (Lipinski definition) is 4. The summed E-state index contributed by atoms with van der Waals surface area (Å²) < 4.78 is 0. The van der Waals surface area contributed by atoms with Crippen LogP contribution in [0.1, 0.15) is 17.9 Å². The lowest BCUT2D eigenvalue weighted by Gasteiger charge is -2.24. The van der Waals surface area contributed by atoms with Crippen LogP contribution in [0.5, 0.6) is 0 Å². The zero-order valence-electron chi connectivity index (χ0n) is 11.7. The number of carbonyl (C=O) groups is 2. The Morgan fingerprint density at radius 3 is 2.45 bits per heavy atom. The van der Waals surface area contributed by atoms with E-state index in [1.165, 1.54) is 16.8 Å². The summed E-state index contributed by atoms with van der Waals surface area (Å²) in [4.78, 5) is 25.1. The van der Waals surface area contributed by atoms with Gasteiger partial charge in [0.15, 0.2) is 0 Å². The Morgan fingerprint density at radius 2 is 1.95 bits per heavy atom. The van der Waals surface area contributed by atoms with Gasteiger partial charge in [-0.1, -0.05) is 12.1 Å². The molecule has 3 N–H and O–H groups in total. The average Bonchev–Trinajstić information content (AvgIpc) is 2.66. The normalized spacial score (nSPS) is 21.9. The fourth-order valence-corrected chi connectivity index (χ4v) is 3.23. The summed E-state index contributed by atoms with van der Waals surface area (Å²) >= 11 is 1.48. The van der Waals surface area contributed by atoms with Gasteiger partial charge in [0, 0.05) is 19.8 Å². The molecule has 1 aliphatic rings. The predicted molar refractivity (Wildman–Crippen MR) is 80.1 cm³/mol. The maximum Gasteiger partial charge on any atom is 0.331 e. The lowest BCUT2D eigenvalue weighted by atomic mass is 10.2. The maximum absolute atomic E-state index is 12.0. The zero-order chi connectivity index (χ0) is 14.9. The van der Waals surface area contributed by atoms with Crippen molar-refractivity contribution in [3.8, 4) is 0 Å². The van der Waals surface area contributed by atoms with Crippen molar-refractivity contribution in [2.75, 3.05) is 19.0 Å². The summed E-state index contributed by atoms with van der Waals surface area (Å²) in [6.45, 7) is 1.82. The fourth-order valence-electron chi connectivity index (χ4n) is 2.02. The number of benzene rings is 1. The molecule has 0 aliphatic carbocycles. The molecule has 0 bridgehead atoms. The number of nitrogens with two attached hydrogens (primary N) is 1. The van der Waals surface area contributed by atoms with Crippen LogP contribution in [0.2, 0.25) is 0 Å². The number of carbonyl (C=O) groups excluding carboxylic acids is 2. The number of amides is 3. The van der Waals surface area contributed by atoms with Crippen molar-refractivity contribution in [3.05, 3.63) is 29.8 Å². The summed E-state index contributed by atoms with van der Waals surface area (Å²) in [7, 11) is 3.93. The Balaban J connectivity index is 2.25. The van der Waals surface area contributed by atoms with Crippen LogP contribution in [0.15, 0.2) is 24.3 Å². The van der Waals surface area contributed by atoms with E-state index < -0.39 is 6.03 Å². The highest BCUT2D eigenvalue weighted by molar-refractivity contribution is 8.01. The minimum atomic E-state index is -0.733. The summed E-state index contributed by atoms with van der Waals surface area (Å²) in [6, 6.07) is 7.13. The van der Waals surface area contributed by atoms with Crippen molar-refractivity contribution >= 4 is 29.4 Å². The second-order valence-corrected chi connectivity index (χ2v) is 6.23. The molecular formula is C13H18N4O2S. The highest BCUT2D eigenvalue weighted by atomic mass is 32.2. The topological polar surface area (TPSA) is 78.7 Å². The molecule has 3 amide bonds. The van der Waals surface area contributed by atoms with E-state index in [-0.39, 0.29) is 16.5 Å². The molecular weight excluding hydrogens is 276 g/mol. The van der Waals surface area contributed by atoms with Gasteiger partial charge in [0.05, 0.1) is 5.25 Å². The van der Waals surface area contributed by atoms with Gasteiger partial charge in [-0.2, -0.15) is 0 Å². The predicted octanol–water partition coefficient (Wildman–Crippen LogP) is 1.30. The molecule has 0 saturated carbocycles. The monoisotopic (exact) mass is 294 g/mol. The fraction of sp³-hybridized carbons (Fsp3) is 0.385. The highest BCUT2D eigenvalue weighted by Gasteiger charge is 2.39. The molecule has 2 rings (SSSR count). The number of anilines is 1. The van der Waals surface area contributed by atoms with Gasteiger partial charge in [0.25, 0.3) is 5.91 Å². The number of nitrogens with one attached hydrogen (secondary N) is 1. The number of primary amides is 1. The Labute approximate surface area is 122 Å². The first-order valence-electron chi connectivity index (χ1n) is 6.22. The molecule has 1 aromatic rings. The molecule has 1 aliphatic heterocycles. The largest absolute Gasteiger partial charge is 0.378 e. The molecule has 2 unspecified atom stereocenters. The van der Waals surface area contributed by atoms with Gasteiger partial charge in [-0.05, 0) is 24.6 Å². The Kier molecular flexibility index (Phi) is 4.08. The lowest BCUT2D eigenvalue weighted by molar-refractivity contribution is -0.132. The van der Waals surface area contributed by atoms with Crippen molar-refractivity contribution in [2.45, 2.75) is 17.5 Å². The number of hydrogen-bond donors (Lipinski definition) is 2. The van der Waals surface area contributed by atoms with Gasteiger partial charge >= 0.3 is 6.03 Å². The van der Waals surface area contributed by atoms with E-state index in [2.05, 4.69) is 5.43 Å². The first-order chi connectivity index (χ1) is 9.40. The molecule has 1 heterocycles. The number of thioether (sulfide) groups is 1. The first kappa shape index (κ1) is 14.5. The van der Waals surface area contributed by atoms with Crippen LogP contribution in [0, 0.1) is 0 Å². The second-order valence-electron chi connectivity index (χ2n) is 4.80. The minimum Gasteiger partial charge on any atom is -0.378 e. The zero-order valence-corrected chi connectivity index (χ0v) is 12.5. The molecule has 0 spiro atoms. The molecule has 2 atom stereocenters. The maximum atomic E-state index is 12.0. The van der Waals surface area contributed by atoms with Crippen molar-refractivity contribution < 1.29 is 9.59 Å². The number of rotatable bonds is 3. The van der Waals surface area contributed by atoms with E-state index in [9.17, 15) is 9.59 Å². The van der Waals surface area contributed by atoms with E-state index in [0.29, 0.717) is 0 Å². The van der Waals surface area contributed by atoms with Crippen LogP contribution in [0.3, 0.4) is 0 Å².